The summed E-state index contributed by atoms with van der Waals surface area (Å²) in [6.45, 7) is 2.15. The number of hydrogen-bond acceptors (Lipinski definition) is 6. The van der Waals surface area contributed by atoms with Crippen molar-refractivity contribution in [3.05, 3.63) is 17.5 Å². The molecule has 0 aromatic carbocycles. The number of nitrogens with one attached hydrogen (secondary N) is 2. The molecule has 8 nitrogen and oxygen atoms in total. The number of halogens is 1. The van der Waals surface area contributed by atoms with E-state index < -0.39 is 11.9 Å². The molecule has 1 atom stereocenters. The number of anilines is 1. The van der Waals surface area contributed by atoms with Crippen LogP contribution in [0.3, 0.4) is 0 Å². The molecule has 3 N–H and O–H groups in total. The number of carbonyl (C=O) groups excluding carboxylic acids is 2. The minimum atomic E-state index is -0.945. The molecule has 1 aromatic heterocycles. The molecule has 0 aliphatic heterocycles. The first-order valence-corrected chi connectivity index (χ1v) is 7.85. The van der Waals surface area contributed by atoms with Gasteiger partial charge in [0.15, 0.2) is 5.82 Å². The Morgan fingerprint density at radius 2 is 2.13 bits per heavy atom. The molecule has 1 fully saturated rings. The summed E-state index contributed by atoms with van der Waals surface area (Å²) in [5, 5.41) is 10.4. The highest BCUT2D eigenvalue weighted by Gasteiger charge is 2.35. The van der Waals surface area contributed by atoms with E-state index in [1.165, 1.54) is 12.4 Å². The molecule has 1 saturated carbocycles. The fourth-order valence-corrected chi connectivity index (χ4v) is 2.97. The average Bonchev–Trinajstić information content (AvgIpc) is 2.55. The zero-order chi connectivity index (χ0) is 16.8. The van der Waals surface area contributed by atoms with Gasteiger partial charge in [-0.3, -0.25) is 30.6 Å². The number of hydrazine groups is 1. The van der Waals surface area contributed by atoms with E-state index in [2.05, 4.69) is 27.7 Å². The van der Waals surface area contributed by atoms with Crippen LogP contribution in [0, 0.1) is 11.8 Å². The van der Waals surface area contributed by atoms with Crippen LogP contribution in [0.1, 0.15) is 32.6 Å². The first-order valence-electron chi connectivity index (χ1n) is 7.47. The van der Waals surface area contributed by atoms with Crippen molar-refractivity contribution in [3.63, 3.8) is 0 Å². The number of hydrogen-bond donors (Lipinski definition) is 3. The first kappa shape index (κ1) is 17.4. The highest BCUT2D eigenvalue weighted by molar-refractivity contribution is 6.29. The Hall–Kier alpha value is -1.93. The van der Waals surface area contributed by atoms with Gasteiger partial charge < -0.3 is 0 Å². The van der Waals surface area contributed by atoms with E-state index in [0.29, 0.717) is 11.0 Å². The van der Waals surface area contributed by atoms with Crippen LogP contribution in [0.25, 0.3) is 0 Å². The van der Waals surface area contributed by atoms with Crippen molar-refractivity contribution >= 4 is 29.7 Å². The quantitative estimate of drug-likeness (QED) is 0.412. The maximum absolute atomic E-state index is 12.4. The third kappa shape index (κ3) is 4.77. The number of rotatable bonds is 6. The highest BCUT2D eigenvalue weighted by atomic mass is 35.5. The van der Waals surface area contributed by atoms with Crippen LogP contribution in [-0.2, 0) is 9.59 Å². The maximum Gasteiger partial charge on any atom is 0.264 e. The van der Waals surface area contributed by atoms with Crippen LogP contribution < -0.4 is 10.9 Å². The molecule has 1 aliphatic carbocycles. The molecule has 2 rings (SSSR count). The third-order valence-corrected chi connectivity index (χ3v) is 4.27. The Morgan fingerprint density at radius 1 is 1.43 bits per heavy atom. The molecule has 23 heavy (non-hydrogen) atoms. The first-order chi connectivity index (χ1) is 11.0. The molecular weight excluding hydrogens is 322 g/mol. The Morgan fingerprint density at radius 3 is 2.74 bits per heavy atom. The molecule has 2 amide bonds. The lowest BCUT2D eigenvalue weighted by Gasteiger charge is -2.34. The number of nitrogens with zero attached hydrogens (tertiary/aromatic N) is 3. The van der Waals surface area contributed by atoms with Crippen molar-refractivity contribution in [2.24, 2.45) is 11.8 Å². The van der Waals surface area contributed by atoms with Gasteiger partial charge in [-0.25, -0.2) is 10.0 Å². The fraction of sp³-hybridized carbons (Fsp3) is 0.571. The molecule has 126 valence electrons. The van der Waals surface area contributed by atoms with Gasteiger partial charge in [0.2, 0.25) is 6.41 Å². The summed E-state index contributed by atoms with van der Waals surface area (Å²) in [4.78, 5) is 31.0. The summed E-state index contributed by atoms with van der Waals surface area (Å²) in [6.07, 6.45) is 6.49. The minimum absolute atomic E-state index is 0.0892. The molecule has 1 unspecified atom stereocenters. The van der Waals surface area contributed by atoms with Crippen molar-refractivity contribution in [1.29, 1.82) is 0 Å². The number of amides is 2. The van der Waals surface area contributed by atoms with Gasteiger partial charge >= 0.3 is 0 Å². The van der Waals surface area contributed by atoms with Crippen molar-refractivity contribution in [2.45, 2.75) is 38.6 Å². The maximum atomic E-state index is 12.4. The Bertz CT molecular complexity index is 551. The third-order valence-electron chi connectivity index (χ3n) is 4.09. The Kier molecular flexibility index (Phi) is 6.12. The lowest BCUT2D eigenvalue weighted by molar-refractivity contribution is -0.173. The van der Waals surface area contributed by atoms with Crippen LogP contribution in [0.15, 0.2) is 12.4 Å². The van der Waals surface area contributed by atoms with Gasteiger partial charge in [-0.1, -0.05) is 31.4 Å². The van der Waals surface area contributed by atoms with E-state index >= 15 is 0 Å². The molecule has 0 bridgehead atoms. The normalized spacial score (nSPS) is 22.0. The van der Waals surface area contributed by atoms with E-state index in [9.17, 15) is 14.8 Å². The van der Waals surface area contributed by atoms with Crippen LogP contribution in [0.5, 0.6) is 0 Å². The van der Waals surface area contributed by atoms with Crippen molar-refractivity contribution in [2.75, 3.05) is 5.43 Å². The smallest absolute Gasteiger partial charge is 0.264 e. The highest BCUT2D eigenvalue weighted by Crippen LogP contribution is 2.31. The van der Waals surface area contributed by atoms with Gasteiger partial charge in [-0.15, -0.1) is 0 Å². The van der Waals surface area contributed by atoms with Crippen molar-refractivity contribution in [3.8, 4) is 0 Å². The summed E-state index contributed by atoms with van der Waals surface area (Å²) >= 11 is 5.71. The zero-order valence-electron chi connectivity index (χ0n) is 12.8. The summed E-state index contributed by atoms with van der Waals surface area (Å²) in [5.74, 6) is 0.255. The topological polar surface area (TPSA) is 107 Å². The molecular formula is C14H20ClN5O3. The molecule has 0 radical (unpaired) electrons. The Balaban J connectivity index is 2.00. The van der Waals surface area contributed by atoms with Gasteiger partial charge in [0, 0.05) is 0 Å². The van der Waals surface area contributed by atoms with E-state index in [0.717, 1.165) is 25.7 Å². The summed E-state index contributed by atoms with van der Waals surface area (Å²) in [6, 6.07) is -0.945. The van der Waals surface area contributed by atoms with E-state index in [4.69, 9.17) is 11.6 Å². The second kappa shape index (κ2) is 8.07. The van der Waals surface area contributed by atoms with E-state index in [1.54, 1.807) is 0 Å². The van der Waals surface area contributed by atoms with Gasteiger partial charge in [0.1, 0.15) is 11.2 Å². The van der Waals surface area contributed by atoms with E-state index in [-0.39, 0.29) is 23.3 Å². The molecule has 1 aromatic rings. The van der Waals surface area contributed by atoms with Crippen LogP contribution >= 0.6 is 11.6 Å². The number of carbonyl (C=O) groups is 2. The van der Waals surface area contributed by atoms with Crippen molar-refractivity contribution in [1.82, 2.24) is 20.5 Å². The lowest BCUT2D eigenvalue weighted by Crippen LogP contribution is -2.51. The predicted molar refractivity (Wildman–Crippen MR) is 83.4 cm³/mol. The molecule has 1 aliphatic rings. The van der Waals surface area contributed by atoms with Gasteiger partial charge in [-0.05, 0) is 24.7 Å². The molecule has 0 saturated heterocycles. The van der Waals surface area contributed by atoms with Gasteiger partial charge in [0.05, 0.1) is 12.4 Å². The summed E-state index contributed by atoms with van der Waals surface area (Å²) in [5.41, 5.74) is 5.02. The van der Waals surface area contributed by atoms with Crippen LogP contribution in [0.4, 0.5) is 5.82 Å². The van der Waals surface area contributed by atoms with Crippen molar-refractivity contribution < 1.29 is 14.8 Å². The average molecular weight is 342 g/mol. The molecule has 0 spiro atoms. The Labute approximate surface area is 139 Å². The zero-order valence-corrected chi connectivity index (χ0v) is 13.5. The second-order valence-electron chi connectivity index (χ2n) is 5.79. The standard InChI is InChI=1S/C14H20ClN5O3/c1-9-2-4-10(5-3-9)13(20(23)8-21)14(22)19-18-12-7-16-6-11(15)17-12/h6-10,13,23H,2-5H2,1H3,(H,17,18)(H,19,22). The number of aromatic nitrogens is 2. The van der Waals surface area contributed by atoms with E-state index in [1.807, 2.05) is 0 Å². The minimum Gasteiger partial charge on any atom is -0.285 e. The SMILES string of the molecule is CC1CCC(C(C(=O)NNc2cncc(Cl)n2)N(O)C=O)CC1. The molecule has 1 heterocycles. The predicted octanol–water partition coefficient (Wildman–Crippen LogP) is 1.62. The van der Waals surface area contributed by atoms with Gasteiger partial charge in [0.25, 0.3) is 5.91 Å². The molecule has 9 heteroatoms. The van der Waals surface area contributed by atoms with Gasteiger partial charge in [-0.2, -0.15) is 0 Å². The fourth-order valence-electron chi connectivity index (χ4n) is 2.82. The lowest BCUT2D eigenvalue weighted by atomic mass is 9.79. The van der Waals surface area contributed by atoms with Crippen LogP contribution in [0.2, 0.25) is 5.15 Å². The number of hydroxylamine groups is 2. The monoisotopic (exact) mass is 341 g/mol. The summed E-state index contributed by atoms with van der Waals surface area (Å²) < 4.78 is 0. The second-order valence-corrected chi connectivity index (χ2v) is 6.18. The summed E-state index contributed by atoms with van der Waals surface area (Å²) in [7, 11) is 0. The largest absolute Gasteiger partial charge is 0.285 e. The van der Waals surface area contributed by atoms with Crippen LogP contribution in [-0.4, -0.2) is 38.6 Å².